The molecule has 2 N–H and O–H groups in total. The molecule has 7 nitrogen and oxygen atoms in total. The number of methoxy groups -OCH3 is 1. The fraction of sp³-hybridized carbons (Fsp3) is 0.200. The number of hydrogen-bond acceptors (Lipinski definition) is 6. The summed E-state index contributed by atoms with van der Waals surface area (Å²) < 4.78 is 31.1. The normalized spacial score (nSPS) is 10.5. The lowest BCUT2D eigenvalue weighted by Crippen LogP contribution is -2.20. The van der Waals surface area contributed by atoms with E-state index < -0.39 is 17.7 Å². The van der Waals surface area contributed by atoms with Crippen molar-refractivity contribution < 1.29 is 23.1 Å². The Morgan fingerprint density at radius 3 is 2.53 bits per heavy atom. The van der Waals surface area contributed by atoms with Crippen LogP contribution in [-0.2, 0) is 16.0 Å². The first-order valence-corrected chi connectivity index (χ1v) is 9.79. The van der Waals surface area contributed by atoms with Gasteiger partial charge >= 0.3 is 12.0 Å². The lowest BCUT2D eigenvalue weighted by atomic mass is 10.2. The lowest BCUT2D eigenvalue weighted by molar-refractivity contribution is -0.140. The first-order chi connectivity index (χ1) is 14.4. The Hall–Kier alpha value is -3.40. The van der Waals surface area contributed by atoms with Crippen molar-refractivity contribution in [3.8, 4) is 10.6 Å². The molecule has 0 bridgehead atoms. The monoisotopic (exact) mass is 432 g/mol. The Labute approximate surface area is 175 Å². The van der Waals surface area contributed by atoms with Gasteiger partial charge in [-0.1, -0.05) is 11.3 Å². The number of anilines is 2. The molecule has 1 aromatic heterocycles. The van der Waals surface area contributed by atoms with Crippen molar-refractivity contribution >= 4 is 34.7 Å². The van der Waals surface area contributed by atoms with Crippen LogP contribution < -0.4 is 10.6 Å². The smallest absolute Gasteiger partial charge is 0.323 e. The van der Waals surface area contributed by atoms with Crippen LogP contribution in [0.25, 0.3) is 10.6 Å². The Bertz CT molecular complexity index is 1040. The first kappa shape index (κ1) is 21.3. The number of halogens is 2. The van der Waals surface area contributed by atoms with Gasteiger partial charge in [0.05, 0.1) is 12.8 Å². The summed E-state index contributed by atoms with van der Waals surface area (Å²) in [5.41, 5.74) is 1.18. The van der Waals surface area contributed by atoms with Gasteiger partial charge in [0, 0.05) is 30.2 Å². The third-order valence-corrected chi connectivity index (χ3v) is 5.07. The molecule has 0 aliphatic rings. The molecule has 0 spiro atoms. The summed E-state index contributed by atoms with van der Waals surface area (Å²) in [7, 11) is 1.36. The summed E-state index contributed by atoms with van der Waals surface area (Å²) in [6.07, 6.45) is 1.59. The minimum Gasteiger partial charge on any atom is -0.469 e. The van der Waals surface area contributed by atoms with E-state index in [2.05, 4.69) is 25.6 Å². The van der Waals surface area contributed by atoms with Crippen LogP contribution in [0.3, 0.4) is 0 Å². The molecule has 2 aromatic carbocycles. The highest BCUT2D eigenvalue weighted by Gasteiger charge is 2.10. The second-order valence-corrected chi connectivity index (χ2v) is 7.27. The van der Waals surface area contributed by atoms with Gasteiger partial charge in [0.25, 0.3) is 0 Å². The highest BCUT2D eigenvalue weighted by molar-refractivity contribution is 7.14. The summed E-state index contributed by atoms with van der Waals surface area (Å²) in [5.74, 6) is -1.84. The van der Waals surface area contributed by atoms with Crippen molar-refractivity contribution in [2.75, 3.05) is 17.7 Å². The van der Waals surface area contributed by atoms with Crippen molar-refractivity contribution in [2.24, 2.45) is 0 Å². The van der Waals surface area contributed by atoms with Crippen LogP contribution in [0.15, 0.2) is 42.5 Å². The van der Waals surface area contributed by atoms with Gasteiger partial charge in [-0.05, 0) is 42.8 Å². The van der Waals surface area contributed by atoms with Crippen molar-refractivity contribution in [2.45, 2.75) is 19.3 Å². The molecule has 3 aromatic rings. The molecule has 2 amide bonds. The number of aromatic nitrogens is 2. The number of rotatable bonds is 7. The SMILES string of the molecule is COC(=O)CCCc1nnc(-c2ccc(NC(=O)Nc3ccc(F)cc3F)cc2)s1. The summed E-state index contributed by atoms with van der Waals surface area (Å²) in [5, 5.41) is 14.7. The number of benzene rings is 2. The summed E-state index contributed by atoms with van der Waals surface area (Å²) in [6.45, 7) is 0. The van der Waals surface area contributed by atoms with E-state index in [1.165, 1.54) is 18.4 Å². The summed E-state index contributed by atoms with van der Waals surface area (Å²) >= 11 is 1.42. The van der Waals surface area contributed by atoms with E-state index in [0.29, 0.717) is 36.0 Å². The molecule has 0 radical (unpaired) electrons. The Balaban J connectivity index is 1.56. The number of urea groups is 1. The van der Waals surface area contributed by atoms with Gasteiger partial charge in [0.1, 0.15) is 21.6 Å². The Morgan fingerprint density at radius 2 is 1.83 bits per heavy atom. The summed E-state index contributed by atoms with van der Waals surface area (Å²) in [4.78, 5) is 23.2. The second-order valence-electron chi connectivity index (χ2n) is 6.21. The van der Waals surface area contributed by atoms with E-state index in [9.17, 15) is 18.4 Å². The van der Waals surface area contributed by atoms with Crippen molar-refractivity contribution in [1.82, 2.24) is 10.2 Å². The number of nitrogens with zero attached hydrogens (tertiary/aromatic N) is 2. The zero-order valence-electron chi connectivity index (χ0n) is 15.9. The number of aryl methyl sites for hydroxylation is 1. The molecule has 0 aliphatic carbocycles. The fourth-order valence-corrected chi connectivity index (χ4v) is 3.42. The quantitative estimate of drug-likeness (QED) is 0.531. The third-order valence-electron chi connectivity index (χ3n) is 4.04. The number of nitrogens with one attached hydrogen (secondary N) is 2. The molecule has 10 heteroatoms. The molecule has 0 fully saturated rings. The number of hydrogen-bond donors (Lipinski definition) is 2. The van der Waals surface area contributed by atoms with E-state index in [0.717, 1.165) is 22.7 Å². The van der Waals surface area contributed by atoms with Gasteiger partial charge in [-0.2, -0.15) is 0 Å². The molecule has 30 heavy (non-hydrogen) atoms. The van der Waals surface area contributed by atoms with Crippen LogP contribution in [0.1, 0.15) is 17.8 Å². The topological polar surface area (TPSA) is 93.2 Å². The maximum atomic E-state index is 13.6. The van der Waals surface area contributed by atoms with E-state index in [1.807, 2.05) is 0 Å². The van der Waals surface area contributed by atoms with E-state index in [4.69, 9.17) is 0 Å². The maximum absolute atomic E-state index is 13.6. The van der Waals surface area contributed by atoms with Gasteiger partial charge in [-0.15, -0.1) is 10.2 Å². The molecular weight excluding hydrogens is 414 g/mol. The second kappa shape index (κ2) is 9.88. The molecule has 156 valence electrons. The van der Waals surface area contributed by atoms with Crippen LogP contribution in [-0.4, -0.2) is 29.3 Å². The number of carbonyl (C=O) groups excluding carboxylic acids is 2. The molecule has 0 unspecified atom stereocenters. The van der Waals surface area contributed by atoms with Gasteiger partial charge < -0.3 is 15.4 Å². The van der Waals surface area contributed by atoms with Crippen LogP contribution in [0.5, 0.6) is 0 Å². The van der Waals surface area contributed by atoms with Gasteiger partial charge in [0.2, 0.25) is 0 Å². The van der Waals surface area contributed by atoms with Gasteiger partial charge in [-0.25, -0.2) is 13.6 Å². The predicted molar refractivity (Wildman–Crippen MR) is 109 cm³/mol. The standard InChI is InChI=1S/C20H18F2N4O3S/c1-29-18(27)4-2-3-17-25-26-19(30-17)12-5-8-14(9-6-12)23-20(28)24-16-10-7-13(21)11-15(16)22/h5-11H,2-4H2,1H3,(H2,23,24,28). The molecule has 0 aliphatic heterocycles. The highest BCUT2D eigenvalue weighted by atomic mass is 32.1. The number of ether oxygens (including phenoxy) is 1. The molecule has 1 heterocycles. The number of amides is 2. The molecule has 0 atom stereocenters. The fourth-order valence-electron chi connectivity index (χ4n) is 2.53. The number of carbonyl (C=O) groups is 2. The molecule has 0 saturated heterocycles. The minimum absolute atomic E-state index is 0.126. The predicted octanol–water partition coefficient (Wildman–Crippen LogP) is 4.62. The zero-order chi connectivity index (χ0) is 21.5. The zero-order valence-corrected chi connectivity index (χ0v) is 16.8. The van der Waals surface area contributed by atoms with Crippen molar-refractivity contribution in [1.29, 1.82) is 0 Å². The van der Waals surface area contributed by atoms with Crippen molar-refractivity contribution in [3.63, 3.8) is 0 Å². The lowest BCUT2D eigenvalue weighted by Gasteiger charge is -2.08. The third kappa shape index (κ3) is 5.80. The average Bonchev–Trinajstić information content (AvgIpc) is 3.19. The maximum Gasteiger partial charge on any atom is 0.323 e. The van der Waals surface area contributed by atoms with Crippen LogP contribution in [0, 0.1) is 11.6 Å². The highest BCUT2D eigenvalue weighted by Crippen LogP contribution is 2.26. The minimum atomic E-state index is -0.862. The van der Waals surface area contributed by atoms with Crippen molar-refractivity contribution in [3.05, 3.63) is 59.1 Å². The van der Waals surface area contributed by atoms with E-state index in [1.54, 1.807) is 24.3 Å². The molecule has 3 rings (SSSR count). The molecule has 0 saturated carbocycles. The average molecular weight is 432 g/mol. The number of esters is 1. The van der Waals surface area contributed by atoms with Crippen LogP contribution in [0.2, 0.25) is 0 Å². The van der Waals surface area contributed by atoms with Crippen LogP contribution in [0.4, 0.5) is 25.0 Å². The summed E-state index contributed by atoms with van der Waals surface area (Å²) in [6, 6.07) is 9.13. The van der Waals surface area contributed by atoms with E-state index >= 15 is 0 Å². The first-order valence-electron chi connectivity index (χ1n) is 8.97. The Kier molecular flexibility index (Phi) is 7.02. The Morgan fingerprint density at radius 1 is 1.07 bits per heavy atom. The van der Waals surface area contributed by atoms with E-state index in [-0.39, 0.29) is 11.7 Å². The molecular formula is C20H18F2N4O3S. The largest absolute Gasteiger partial charge is 0.469 e. The van der Waals surface area contributed by atoms with Crippen LogP contribution >= 0.6 is 11.3 Å². The van der Waals surface area contributed by atoms with Gasteiger partial charge in [-0.3, -0.25) is 4.79 Å². The van der Waals surface area contributed by atoms with Gasteiger partial charge in [0.15, 0.2) is 0 Å².